The zero-order valence-corrected chi connectivity index (χ0v) is 12.0. The number of hydrogen-bond donors (Lipinski definition) is 3. The van der Waals surface area contributed by atoms with E-state index in [1.165, 1.54) is 19.1 Å². The third kappa shape index (κ3) is 5.76. The van der Waals surface area contributed by atoms with E-state index in [9.17, 15) is 18.4 Å². The minimum atomic E-state index is -1.30. The minimum Gasteiger partial charge on any atom is -0.465 e. The summed E-state index contributed by atoms with van der Waals surface area (Å²) in [5.41, 5.74) is -0.386. The predicted molar refractivity (Wildman–Crippen MR) is 72.9 cm³/mol. The second-order valence-corrected chi connectivity index (χ2v) is 5.50. The molecule has 0 heterocycles. The first-order valence-electron chi connectivity index (χ1n) is 6.35. The Morgan fingerprint density at radius 1 is 1.24 bits per heavy atom. The van der Waals surface area contributed by atoms with Crippen molar-refractivity contribution in [3.63, 3.8) is 0 Å². The molecule has 1 aromatic rings. The number of nitrogens with one attached hydrogen (secondary N) is 2. The molecule has 7 heteroatoms. The monoisotopic (exact) mass is 300 g/mol. The van der Waals surface area contributed by atoms with Crippen LogP contribution in [0.2, 0.25) is 0 Å². The molecule has 21 heavy (non-hydrogen) atoms. The fraction of sp³-hybridized carbons (Fsp3) is 0.429. The fourth-order valence-corrected chi connectivity index (χ4v) is 1.96. The Morgan fingerprint density at radius 2 is 1.76 bits per heavy atom. The van der Waals surface area contributed by atoms with Crippen molar-refractivity contribution >= 4 is 12.0 Å². The van der Waals surface area contributed by atoms with Gasteiger partial charge in [-0.1, -0.05) is 0 Å². The highest BCUT2D eigenvalue weighted by Gasteiger charge is 2.25. The average Bonchev–Trinajstić information content (AvgIpc) is 2.24. The van der Waals surface area contributed by atoms with Gasteiger partial charge in [-0.05, 0) is 44.9 Å². The van der Waals surface area contributed by atoms with Crippen molar-refractivity contribution in [2.24, 2.45) is 0 Å². The SMILES string of the molecule is CC(NC(=O)O)C(=O)NC(C)(C)Cc1cc(F)cc(F)c1. The molecule has 0 aliphatic rings. The van der Waals surface area contributed by atoms with Crippen LogP contribution in [0.5, 0.6) is 0 Å². The quantitative estimate of drug-likeness (QED) is 0.779. The summed E-state index contributed by atoms with van der Waals surface area (Å²) < 4.78 is 26.3. The van der Waals surface area contributed by atoms with Gasteiger partial charge in [-0.3, -0.25) is 4.79 Å². The van der Waals surface area contributed by atoms with Gasteiger partial charge in [-0.15, -0.1) is 0 Å². The molecule has 0 fully saturated rings. The number of carbonyl (C=O) groups is 2. The minimum absolute atomic E-state index is 0.202. The van der Waals surface area contributed by atoms with Crippen molar-refractivity contribution in [1.29, 1.82) is 0 Å². The molecule has 0 saturated carbocycles. The lowest BCUT2D eigenvalue weighted by atomic mass is 9.94. The van der Waals surface area contributed by atoms with Gasteiger partial charge in [0.1, 0.15) is 17.7 Å². The summed E-state index contributed by atoms with van der Waals surface area (Å²) >= 11 is 0. The molecule has 0 aliphatic carbocycles. The first-order chi connectivity index (χ1) is 9.59. The second kappa shape index (κ2) is 6.51. The van der Waals surface area contributed by atoms with E-state index < -0.39 is 35.2 Å². The zero-order chi connectivity index (χ0) is 16.2. The Hall–Kier alpha value is -2.18. The molecule has 0 aliphatic heterocycles. The molecule has 0 saturated heterocycles. The second-order valence-electron chi connectivity index (χ2n) is 5.50. The third-order valence-electron chi connectivity index (χ3n) is 2.76. The lowest BCUT2D eigenvalue weighted by Gasteiger charge is -2.28. The molecule has 1 unspecified atom stereocenters. The number of amides is 2. The van der Waals surface area contributed by atoms with Gasteiger partial charge in [-0.2, -0.15) is 0 Å². The van der Waals surface area contributed by atoms with E-state index in [1.807, 2.05) is 5.32 Å². The lowest BCUT2D eigenvalue weighted by Crippen LogP contribution is -2.52. The molecule has 0 spiro atoms. The van der Waals surface area contributed by atoms with Crippen LogP contribution < -0.4 is 10.6 Å². The summed E-state index contributed by atoms with van der Waals surface area (Å²) in [7, 11) is 0. The van der Waals surface area contributed by atoms with E-state index in [0.29, 0.717) is 5.56 Å². The van der Waals surface area contributed by atoms with Crippen LogP contribution in [0.15, 0.2) is 18.2 Å². The number of hydrogen-bond acceptors (Lipinski definition) is 2. The highest BCUT2D eigenvalue weighted by atomic mass is 19.1. The molecule has 1 aromatic carbocycles. The molecule has 1 rings (SSSR count). The highest BCUT2D eigenvalue weighted by Crippen LogP contribution is 2.15. The molecule has 2 amide bonds. The molecule has 0 aromatic heterocycles. The van der Waals surface area contributed by atoms with Gasteiger partial charge >= 0.3 is 6.09 Å². The van der Waals surface area contributed by atoms with Crippen LogP contribution in [0.4, 0.5) is 13.6 Å². The molecule has 0 radical (unpaired) electrons. The van der Waals surface area contributed by atoms with Gasteiger partial charge in [0.05, 0.1) is 0 Å². The molecular weight excluding hydrogens is 282 g/mol. The summed E-state index contributed by atoms with van der Waals surface area (Å²) in [6, 6.07) is 2.23. The first kappa shape index (κ1) is 16.9. The topological polar surface area (TPSA) is 78.4 Å². The average molecular weight is 300 g/mol. The Balaban J connectivity index is 2.72. The lowest BCUT2D eigenvalue weighted by molar-refractivity contribution is -0.124. The molecule has 1 atom stereocenters. The van der Waals surface area contributed by atoms with Crippen molar-refractivity contribution in [2.75, 3.05) is 0 Å². The molecule has 0 bridgehead atoms. The van der Waals surface area contributed by atoms with Crippen LogP contribution in [-0.4, -0.2) is 28.7 Å². The third-order valence-corrected chi connectivity index (χ3v) is 2.76. The van der Waals surface area contributed by atoms with Crippen LogP contribution in [0.25, 0.3) is 0 Å². The summed E-state index contributed by atoms with van der Waals surface area (Å²) in [5.74, 6) is -1.89. The maximum atomic E-state index is 13.1. The standard InChI is InChI=1S/C14H18F2N2O3/c1-8(17-13(20)21)12(19)18-14(2,3)7-9-4-10(15)6-11(16)5-9/h4-6,8,17H,7H2,1-3H3,(H,18,19)(H,20,21). The van der Waals surface area contributed by atoms with E-state index >= 15 is 0 Å². The number of benzene rings is 1. The highest BCUT2D eigenvalue weighted by molar-refractivity contribution is 5.85. The summed E-state index contributed by atoms with van der Waals surface area (Å²) in [5, 5.41) is 13.2. The van der Waals surface area contributed by atoms with Crippen LogP contribution in [-0.2, 0) is 11.2 Å². The maximum Gasteiger partial charge on any atom is 0.405 e. The van der Waals surface area contributed by atoms with Crippen molar-refractivity contribution in [2.45, 2.75) is 38.8 Å². The fourth-order valence-electron chi connectivity index (χ4n) is 1.96. The van der Waals surface area contributed by atoms with E-state index in [2.05, 4.69) is 5.32 Å². The van der Waals surface area contributed by atoms with Gasteiger partial charge in [0, 0.05) is 11.6 Å². The Kier molecular flexibility index (Phi) is 5.23. The summed E-state index contributed by atoms with van der Waals surface area (Å²) in [6.45, 7) is 4.77. The normalized spacial score (nSPS) is 12.6. The smallest absolute Gasteiger partial charge is 0.405 e. The van der Waals surface area contributed by atoms with E-state index in [1.54, 1.807) is 13.8 Å². The Bertz CT molecular complexity index is 527. The number of carbonyl (C=O) groups excluding carboxylic acids is 1. The van der Waals surface area contributed by atoms with Crippen molar-refractivity contribution < 1.29 is 23.5 Å². The van der Waals surface area contributed by atoms with Crippen LogP contribution in [0.3, 0.4) is 0 Å². The zero-order valence-electron chi connectivity index (χ0n) is 12.0. The molecule has 3 N–H and O–H groups in total. The summed E-state index contributed by atoms with van der Waals surface area (Å²) in [4.78, 5) is 22.3. The van der Waals surface area contributed by atoms with Gasteiger partial charge in [0.15, 0.2) is 0 Å². The number of rotatable bonds is 5. The van der Waals surface area contributed by atoms with E-state index in [0.717, 1.165) is 6.07 Å². The van der Waals surface area contributed by atoms with Crippen LogP contribution in [0.1, 0.15) is 26.3 Å². The predicted octanol–water partition coefficient (Wildman–Crippen LogP) is 2.06. The first-order valence-corrected chi connectivity index (χ1v) is 6.35. The molecule has 116 valence electrons. The number of carboxylic acid groups (broad SMARTS) is 1. The Labute approximate surface area is 121 Å². The van der Waals surface area contributed by atoms with Gasteiger partial charge in [0.25, 0.3) is 0 Å². The Morgan fingerprint density at radius 3 is 2.24 bits per heavy atom. The van der Waals surface area contributed by atoms with E-state index in [-0.39, 0.29) is 6.42 Å². The van der Waals surface area contributed by atoms with E-state index in [4.69, 9.17) is 5.11 Å². The summed E-state index contributed by atoms with van der Waals surface area (Å²) in [6.07, 6.45) is -1.10. The number of halogens is 2. The van der Waals surface area contributed by atoms with Gasteiger partial charge < -0.3 is 15.7 Å². The van der Waals surface area contributed by atoms with Crippen molar-refractivity contribution in [1.82, 2.24) is 10.6 Å². The van der Waals surface area contributed by atoms with Crippen LogP contribution in [0, 0.1) is 11.6 Å². The van der Waals surface area contributed by atoms with Crippen molar-refractivity contribution in [3.05, 3.63) is 35.4 Å². The molecule has 5 nitrogen and oxygen atoms in total. The molecular formula is C14H18F2N2O3. The maximum absolute atomic E-state index is 13.1. The van der Waals surface area contributed by atoms with Crippen molar-refractivity contribution in [3.8, 4) is 0 Å². The largest absolute Gasteiger partial charge is 0.465 e. The van der Waals surface area contributed by atoms with Crippen LogP contribution >= 0.6 is 0 Å². The van der Waals surface area contributed by atoms with Gasteiger partial charge in [0.2, 0.25) is 5.91 Å². The van der Waals surface area contributed by atoms with Gasteiger partial charge in [-0.25, -0.2) is 13.6 Å².